The molecule has 0 bridgehead atoms. The van der Waals surface area contributed by atoms with E-state index in [0.717, 1.165) is 12.0 Å². The Bertz CT molecular complexity index is 355. The van der Waals surface area contributed by atoms with Gasteiger partial charge in [-0.2, -0.15) is 0 Å². The van der Waals surface area contributed by atoms with Crippen molar-refractivity contribution in [2.24, 2.45) is 5.92 Å². The molecule has 0 heterocycles. The van der Waals surface area contributed by atoms with Gasteiger partial charge in [-0.05, 0) is 42.9 Å². The SMILES string of the molecule is O=C(CC1CC1)NCCc1ccc(O)cc1. The van der Waals surface area contributed by atoms with Crippen molar-refractivity contribution in [3.05, 3.63) is 29.8 Å². The minimum absolute atomic E-state index is 0.168. The number of hydrogen-bond donors (Lipinski definition) is 2. The number of carbonyl (C=O) groups excluding carboxylic acids is 1. The highest BCUT2D eigenvalue weighted by atomic mass is 16.3. The molecule has 2 N–H and O–H groups in total. The number of hydrogen-bond acceptors (Lipinski definition) is 2. The molecule has 1 aromatic carbocycles. The molecule has 1 saturated carbocycles. The molecule has 3 nitrogen and oxygen atoms in total. The smallest absolute Gasteiger partial charge is 0.220 e. The van der Waals surface area contributed by atoms with E-state index in [9.17, 15) is 4.79 Å². The van der Waals surface area contributed by atoms with Gasteiger partial charge < -0.3 is 10.4 Å². The minimum atomic E-state index is 0.168. The van der Waals surface area contributed by atoms with Gasteiger partial charge in [0.2, 0.25) is 5.91 Å². The van der Waals surface area contributed by atoms with Gasteiger partial charge in [-0.25, -0.2) is 0 Å². The molecule has 16 heavy (non-hydrogen) atoms. The maximum atomic E-state index is 11.4. The zero-order chi connectivity index (χ0) is 11.4. The fourth-order valence-corrected chi connectivity index (χ4v) is 1.67. The molecule has 1 amide bonds. The standard InChI is InChI=1S/C13H17NO2/c15-12-5-3-10(4-6-12)7-8-14-13(16)9-11-1-2-11/h3-6,11,15H,1-2,7-9H2,(H,14,16). The quantitative estimate of drug-likeness (QED) is 0.794. The van der Waals surface area contributed by atoms with Gasteiger partial charge in [-0.15, -0.1) is 0 Å². The van der Waals surface area contributed by atoms with Crippen LogP contribution >= 0.6 is 0 Å². The van der Waals surface area contributed by atoms with Gasteiger partial charge >= 0.3 is 0 Å². The van der Waals surface area contributed by atoms with Gasteiger partial charge in [0, 0.05) is 13.0 Å². The van der Waals surface area contributed by atoms with Crippen LogP contribution in [0.4, 0.5) is 0 Å². The molecule has 1 aliphatic rings. The van der Waals surface area contributed by atoms with Crippen molar-refractivity contribution >= 4 is 5.91 Å². The Morgan fingerprint density at radius 2 is 2.00 bits per heavy atom. The van der Waals surface area contributed by atoms with Crippen LogP contribution in [0.15, 0.2) is 24.3 Å². The second-order valence-electron chi connectivity index (χ2n) is 4.41. The van der Waals surface area contributed by atoms with Crippen LogP contribution in [0.2, 0.25) is 0 Å². The summed E-state index contributed by atoms with van der Waals surface area (Å²) in [6, 6.07) is 7.09. The highest BCUT2D eigenvalue weighted by molar-refractivity contribution is 5.76. The molecule has 2 rings (SSSR count). The Balaban J connectivity index is 1.66. The van der Waals surface area contributed by atoms with E-state index in [1.807, 2.05) is 12.1 Å². The molecule has 0 aliphatic heterocycles. The molecule has 86 valence electrons. The van der Waals surface area contributed by atoms with Crippen LogP contribution in [-0.2, 0) is 11.2 Å². The third-order valence-electron chi connectivity index (χ3n) is 2.84. The molecule has 0 unspecified atom stereocenters. The van der Waals surface area contributed by atoms with Crippen LogP contribution in [0.1, 0.15) is 24.8 Å². The first-order valence-corrected chi connectivity index (χ1v) is 5.78. The van der Waals surface area contributed by atoms with Crippen LogP contribution in [0, 0.1) is 5.92 Å². The third-order valence-corrected chi connectivity index (χ3v) is 2.84. The zero-order valence-electron chi connectivity index (χ0n) is 9.28. The summed E-state index contributed by atoms with van der Waals surface area (Å²) in [5.74, 6) is 1.09. The summed E-state index contributed by atoms with van der Waals surface area (Å²) < 4.78 is 0. The van der Waals surface area contributed by atoms with Gasteiger partial charge in [0.05, 0.1) is 0 Å². The predicted molar refractivity (Wildman–Crippen MR) is 62.2 cm³/mol. The fraction of sp³-hybridized carbons (Fsp3) is 0.462. The van der Waals surface area contributed by atoms with E-state index in [0.29, 0.717) is 18.9 Å². The number of nitrogens with one attached hydrogen (secondary N) is 1. The Hall–Kier alpha value is -1.51. The highest BCUT2D eigenvalue weighted by Gasteiger charge is 2.23. The Morgan fingerprint density at radius 3 is 2.62 bits per heavy atom. The fourth-order valence-electron chi connectivity index (χ4n) is 1.67. The Labute approximate surface area is 95.5 Å². The van der Waals surface area contributed by atoms with Crippen molar-refractivity contribution in [2.45, 2.75) is 25.7 Å². The van der Waals surface area contributed by atoms with E-state index in [2.05, 4.69) is 5.32 Å². The summed E-state index contributed by atoms with van der Waals surface area (Å²) in [5, 5.41) is 12.0. The average Bonchev–Trinajstić information content (AvgIpc) is 3.05. The molecule has 0 spiro atoms. The normalized spacial score (nSPS) is 14.8. The third kappa shape index (κ3) is 3.57. The van der Waals surface area contributed by atoms with Crippen LogP contribution in [0.3, 0.4) is 0 Å². The van der Waals surface area contributed by atoms with Gasteiger partial charge in [0.15, 0.2) is 0 Å². The molecule has 0 radical (unpaired) electrons. The second-order valence-corrected chi connectivity index (χ2v) is 4.41. The summed E-state index contributed by atoms with van der Waals surface area (Å²) in [5.41, 5.74) is 1.13. The van der Waals surface area contributed by atoms with Crippen molar-refractivity contribution in [3.63, 3.8) is 0 Å². The molecular formula is C13H17NO2. The molecule has 3 heteroatoms. The van der Waals surface area contributed by atoms with Gasteiger partial charge in [0.1, 0.15) is 5.75 Å². The first-order chi connectivity index (χ1) is 7.74. The van der Waals surface area contributed by atoms with Crippen molar-refractivity contribution < 1.29 is 9.90 Å². The molecule has 0 atom stereocenters. The number of aromatic hydroxyl groups is 1. The largest absolute Gasteiger partial charge is 0.508 e. The van der Waals surface area contributed by atoms with Crippen LogP contribution in [-0.4, -0.2) is 17.6 Å². The predicted octanol–water partition coefficient (Wildman–Crippen LogP) is 1.85. The molecule has 1 aromatic rings. The van der Waals surface area contributed by atoms with Gasteiger partial charge in [0.25, 0.3) is 0 Å². The molecule has 0 aromatic heterocycles. The Morgan fingerprint density at radius 1 is 1.31 bits per heavy atom. The van der Waals surface area contributed by atoms with E-state index in [4.69, 9.17) is 5.11 Å². The van der Waals surface area contributed by atoms with E-state index in [1.165, 1.54) is 12.8 Å². The zero-order valence-corrected chi connectivity index (χ0v) is 9.28. The average molecular weight is 219 g/mol. The lowest BCUT2D eigenvalue weighted by Gasteiger charge is -2.04. The van der Waals surface area contributed by atoms with Crippen LogP contribution in [0.25, 0.3) is 0 Å². The van der Waals surface area contributed by atoms with Gasteiger partial charge in [-0.1, -0.05) is 12.1 Å². The number of phenolic OH excluding ortho intramolecular Hbond substituents is 1. The minimum Gasteiger partial charge on any atom is -0.508 e. The van der Waals surface area contributed by atoms with Crippen molar-refractivity contribution in [1.29, 1.82) is 0 Å². The van der Waals surface area contributed by atoms with E-state index in [1.54, 1.807) is 12.1 Å². The molecule has 1 aliphatic carbocycles. The second kappa shape index (κ2) is 5.01. The summed E-state index contributed by atoms with van der Waals surface area (Å²) in [6.45, 7) is 0.677. The molecular weight excluding hydrogens is 202 g/mol. The van der Waals surface area contributed by atoms with E-state index in [-0.39, 0.29) is 11.7 Å². The topological polar surface area (TPSA) is 49.3 Å². The van der Waals surface area contributed by atoms with E-state index >= 15 is 0 Å². The summed E-state index contributed by atoms with van der Waals surface area (Å²) in [4.78, 5) is 11.4. The molecule has 1 fully saturated rings. The number of carbonyl (C=O) groups is 1. The Kier molecular flexibility index (Phi) is 3.44. The highest BCUT2D eigenvalue weighted by Crippen LogP contribution is 2.31. The summed E-state index contributed by atoms with van der Waals surface area (Å²) in [7, 11) is 0. The lowest BCUT2D eigenvalue weighted by atomic mass is 10.1. The summed E-state index contributed by atoms with van der Waals surface area (Å²) in [6.07, 6.45) is 3.93. The first-order valence-electron chi connectivity index (χ1n) is 5.78. The first kappa shape index (κ1) is 11.0. The summed E-state index contributed by atoms with van der Waals surface area (Å²) >= 11 is 0. The van der Waals surface area contributed by atoms with Gasteiger partial charge in [-0.3, -0.25) is 4.79 Å². The van der Waals surface area contributed by atoms with Crippen LogP contribution in [0.5, 0.6) is 5.75 Å². The monoisotopic (exact) mass is 219 g/mol. The number of rotatable bonds is 5. The number of amides is 1. The molecule has 0 saturated heterocycles. The van der Waals surface area contributed by atoms with Crippen LogP contribution < -0.4 is 5.32 Å². The maximum Gasteiger partial charge on any atom is 0.220 e. The lowest BCUT2D eigenvalue weighted by Crippen LogP contribution is -2.25. The van der Waals surface area contributed by atoms with Crippen molar-refractivity contribution in [2.75, 3.05) is 6.54 Å². The van der Waals surface area contributed by atoms with E-state index < -0.39 is 0 Å². The number of benzene rings is 1. The maximum absolute atomic E-state index is 11.4. The van der Waals surface area contributed by atoms with Crippen molar-refractivity contribution in [1.82, 2.24) is 5.32 Å². The lowest BCUT2D eigenvalue weighted by molar-refractivity contribution is -0.121. The van der Waals surface area contributed by atoms with Crippen molar-refractivity contribution in [3.8, 4) is 5.75 Å². The number of phenols is 1.